The number of hydrogen-bond acceptors (Lipinski definition) is 3. The molecular formula is C26H24F3N3O3. The number of carboxylic acids is 1. The molecule has 2 aliphatic rings. The van der Waals surface area contributed by atoms with E-state index in [-0.39, 0.29) is 30.1 Å². The summed E-state index contributed by atoms with van der Waals surface area (Å²) in [5.41, 5.74) is 1.08. The number of halogens is 3. The lowest BCUT2D eigenvalue weighted by atomic mass is 9.67. The van der Waals surface area contributed by atoms with Crippen LogP contribution in [0.15, 0.2) is 30.5 Å². The number of H-pyrrole nitrogens is 1. The zero-order chi connectivity index (χ0) is 24.5. The standard InChI is InChI=1S/C26H24F3N3O3/c1-13-8-17(2-3-18(13)27)32-19-9-15-12-30-31-23(15)22(28)21(19)20(16-10-26(29,11-16)25(33)34)24(32)14-4-6-35-7-5-14/h2-3,8-9,12,14,16H,4-7,10-11H2,1H3,(H,30,31)(H,33,34)/t16-,26+. The first-order chi connectivity index (χ1) is 16.8. The molecule has 0 amide bonds. The number of alkyl halides is 1. The van der Waals surface area contributed by atoms with E-state index in [0.29, 0.717) is 59.2 Å². The van der Waals surface area contributed by atoms with Gasteiger partial charge in [0.25, 0.3) is 0 Å². The van der Waals surface area contributed by atoms with E-state index in [2.05, 4.69) is 10.2 Å². The summed E-state index contributed by atoms with van der Waals surface area (Å²) in [7, 11) is 0. The van der Waals surface area contributed by atoms with Crippen LogP contribution in [-0.2, 0) is 9.53 Å². The Balaban J connectivity index is 1.69. The molecular weight excluding hydrogens is 459 g/mol. The summed E-state index contributed by atoms with van der Waals surface area (Å²) in [5.74, 6) is -2.80. The number of aryl methyl sites for hydroxylation is 1. The van der Waals surface area contributed by atoms with Crippen molar-refractivity contribution in [1.82, 2.24) is 14.8 Å². The van der Waals surface area contributed by atoms with E-state index >= 15 is 4.39 Å². The Morgan fingerprint density at radius 3 is 2.63 bits per heavy atom. The Morgan fingerprint density at radius 1 is 1.20 bits per heavy atom. The van der Waals surface area contributed by atoms with Crippen LogP contribution in [0.3, 0.4) is 0 Å². The highest BCUT2D eigenvalue weighted by molar-refractivity contribution is 6.00. The molecule has 2 aromatic carbocycles. The summed E-state index contributed by atoms with van der Waals surface area (Å²) in [4.78, 5) is 11.5. The Morgan fingerprint density at radius 2 is 1.94 bits per heavy atom. The van der Waals surface area contributed by atoms with Crippen molar-refractivity contribution < 1.29 is 27.8 Å². The zero-order valence-corrected chi connectivity index (χ0v) is 19.1. The van der Waals surface area contributed by atoms with E-state index in [9.17, 15) is 18.7 Å². The van der Waals surface area contributed by atoms with Crippen LogP contribution in [0.5, 0.6) is 0 Å². The van der Waals surface area contributed by atoms with Crippen molar-refractivity contribution in [2.45, 2.75) is 50.1 Å². The molecule has 3 heterocycles. The van der Waals surface area contributed by atoms with Crippen molar-refractivity contribution in [3.05, 3.63) is 58.9 Å². The molecule has 2 fully saturated rings. The molecule has 4 aromatic rings. The maximum absolute atomic E-state index is 16.1. The van der Waals surface area contributed by atoms with Crippen molar-refractivity contribution >= 4 is 27.8 Å². The SMILES string of the molecule is Cc1cc(-n2c(C3CCOCC3)c([C@H]3C[C@](F)(C(=O)O)C3)c3c(F)c4[nH]ncc4cc32)ccc1F. The third-order valence-electron chi connectivity index (χ3n) is 7.62. The topological polar surface area (TPSA) is 80.1 Å². The second-order valence-corrected chi connectivity index (χ2v) is 9.75. The van der Waals surface area contributed by atoms with E-state index in [1.54, 1.807) is 25.3 Å². The van der Waals surface area contributed by atoms with Gasteiger partial charge in [-0.3, -0.25) is 5.10 Å². The van der Waals surface area contributed by atoms with E-state index in [1.165, 1.54) is 6.07 Å². The molecule has 2 aromatic heterocycles. The van der Waals surface area contributed by atoms with E-state index in [1.807, 2.05) is 10.6 Å². The van der Waals surface area contributed by atoms with Gasteiger partial charge in [0.05, 0.1) is 11.7 Å². The molecule has 2 N–H and O–H groups in total. The summed E-state index contributed by atoms with van der Waals surface area (Å²) in [6, 6.07) is 6.59. The largest absolute Gasteiger partial charge is 0.479 e. The van der Waals surface area contributed by atoms with Crippen LogP contribution in [0.4, 0.5) is 13.2 Å². The van der Waals surface area contributed by atoms with Gasteiger partial charge in [0, 0.05) is 41.3 Å². The van der Waals surface area contributed by atoms with E-state index in [0.717, 1.165) is 5.69 Å². The number of aromatic nitrogens is 3. The Kier molecular flexibility index (Phi) is 4.96. The first-order valence-corrected chi connectivity index (χ1v) is 11.7. The Bertz CT molecular complexity index is 1480. The Hall–Kier alpha value is -3.33. The molecule has 0 spiro atoms. The van der Waals surface area contributed by atoms with Gasteiger partial charge >= 0.3 is 5.97 Å². The van der Waals surface area contributed by atoms with Crippen LogP contribution >= 0.6 is 0 Å². The highest BCUT2D eigenvalue weighted by Crippen LogP contribution is 2.54. The number of carbonyl (C=O) groups is 1. The highest BCUT2D eigenvalue weighted by atomic mass is 19.1. The van der Waals surface area contributed by atoms with E-state index < -0.39 is 23.4 Å². The number of fused-ring (bicyclic) bond motifs is 2. The predicted molar refractivity (Wildman–Crippen MR) is 124 cm³/mol. The zero-order valence-electron chi connectivity index (χ0n) is 19.1. The molecule has 182 valence electrons. The lowest BCUT2D eigenvalue weighted by molar-refractivity contribution is -0.158. The number of ether oxygens (including phenoxy) is 1. The van der Waals surface area contributed by atoms with Gasteiger partial charge in [0.15, 0.2) is 5.82 Å². The van der Waals surface area contributed by atoms with Crippen molar-refractivity contribution in [3.8, 4) is 5.69 Å². The predicted octanol–water partition coefficient (Wildman–Crippen LogP) is 5.66. The maximum atomic E-state index is 16.1. The van der Waals surface area contributed by atoms with E-state index in [4.69, 9.17) is 4.74 Å². The number of carboxylic acid groups (broad SMARTS) is 1. The fourth-order valence-corrected chi connectivity index (χ4v) is 5.78. The second-order valence-electron chi connectivity index (χ2n) is 9.75. The quantitative estimate of drug-likeness (QED) is 0.393. The van der Waals surface area contributed by atoms with Crippen molar-refractivity contribution in [1.29, 1.82) is 0 Å². The number of aromatic amines is 1. The first kappa shape index (κ1) is 22.2. The molecule has 35 heavy (non-hydrogen) atoms. The van der Waals surface area contributed by atoms with Crippen LogP contribution in [0, 0.1) is 18.6 Å². The third kappa shape index (κ3) is 3.28. The number of benzene rings is 2. The maximum Gasteiger partial charge on any atom is 0.341 e. The molecule has 1 aliphatic carbocycles. The summed E-state index contributed by atoms with van der Waals surface area (Å²) in [6.07, 6.45) is 2.48. The third-order valence-corrected chi connectivity index (χ3v) is 7.62. The van der Waals surface area contributed by atoms with Gasteiger partial charge in [-0.05, 0) is 73.9 Å². The van der Waals surface area contributed by atoms with Gasteiger partial charge in [-0.15, -0.1) is 0 Å². The van der Waals surface area contributed by atoms with Crippen LogP contribution < -0.4 is 0 Å². The van der Waals surface area contributed by atoms with Crippen LogP contribution in [-0.4, -0.2) is 44.7 Å². The molecule has 0 radical (unpaired) electrons. The molecule has 0 unspecified atom stereocenters. The summed E-state index contributed by atoms with van der Waals surface area (Å²) in [5, 5.41) is 17.0. The van der Waals surface area contributed by atoms with Gasteiger partial charge in [0.2, 0.25) is 5.67 Å². The highest BCUT2D eigenvalue weighted by Gasteiger charge is 2.53. The first-order valence-electron chi connectivity index (χ1n) is 11.7. The van der Waals surface area contributed by atoms with Gasteiger partial charge < -0.3 is 14.4 Å². The molecule has 1 saturated heterocycles. The summed E-state index contributed by atoms with van der Waals surface area (Å²) in [6.45, 7) is 2.74. The van der Waals surface area contributed by atoms with Gasteiger partial charge in [-0.2, -0.15) is 5.10 Å². The molecule has 0 atom stereocenters. The number of rotatable bonds is 4. The number of nitrogens with one attached hydrogen (secondary N) is 1. The average Bonchev–Trinajstić information content (AvgIpc) is 3.42. The van der Waals surface area contributed by atoms with Crippen LogP contribution in [0.25, 0.3) is 27.5 Å². The van der Waals surface area contributed by atoms with Gasteiger partial charge in [0.1, 0.15) is 11.3 Å². The second kappa shape index (κ2) is 7.84. The molecule has 9 heteroatoms. The van der Waals surface area contributed by atoms with Crippen molar-refractivity contribution in [2.75, 3.05) is 13.2 Å². The minimum absolute atomic E-state index is 0.00758. The number of aliphatic carboxylic acids is 1. The summed E-state index contributed by atoms with van der Waals surface area (Å²) < 4.78 is 52.7. The molecule has 1 saturated carbocycles. The molecule has 1 aliphatic heterocycles. The normalized spacial score (nSPS) is 23.1. The summed E-state index contributed by atoms with van der Waals surface area (Å²) >= 11 is 0. The molecule has 6 rings (SSSR count). The lowest BCUT2D eigenvalue weighted by Crippen LogP contribution is -2.45. The molecule has 6 nitrogen and oxygen atoms in total. The number of hydrogen-bond donors (Lipinski definition) is 2. The minimum atomic E-state index is -2.33. The van der Waals surface area contributed by atoms with Crippen LogP contribution in [0.1, 0.15) is 54.3 Å². The van der Waals surface area contributed by atoms with Crippen molar-refractivity contribution in [2.24, 2.45) is 0 Å². The van der Waals surface area contributed by atoms with Gasteiger partial charge in [-0.25, -0.2) is 18.0 Å². The fraction of sp³-hybridized carbons (Fsp3) is 0.385. The average molecular weight is 483 g/mol. The monoisotopic (exact) mass is 483 g/mol. The molecule has 0 bridgehead atoms. The van der Waals surface area contributed by atoms with Gasteiger partial charge in [-0.1, -0.05) is 0 Å². The van der Waals surface area contributed by atoms with Crippen molar-refractivity contribution in [3.63, 3.8) is 0 Å². The fourth-order valence-electron chi connectivity index (χ4n) is 5.78. The van der Waals surface area contributed by atoms with Crippen LogP contribution in [0.2, 0.25) is 0 Å². The lowest BCUT2D eigenvalue weighted by Gasteiger charge is -2.39. The Labute approximate surface area is 198 Å². The smallest absolute Gasteiger partial charge is 0.341 e. The number of nitrogens with zero attached hydrogens (tertiary/aromatic N) is 2. The minimum Gasteiger partial charge on any atom is -0.479 e.